The van der Waals surface area contributed by atoms with E-state index in [1.54, 1.807) is 19.9 Å². The minimum Gasteiger partial charge on any atom is -0.495 e. The van der Waals surface area contributed by atoms with Gasteiger partial charge in [0.15, 0.2) is 0 Å². The second-order valence-corrected chi connectivity index (χ2v) is 5.21. The van der Waals surface area contributed by atoms with Crippen LogP contribution in [0.3, 0.4) is 0 Å². The normalized spacial score (nSPS) is 13.2. The highest BCUT2D eigenvalue weighted by molar-refractivity contribution is 9.10. The van der Waals surface area contributed by atoms with Crippen molar-refractivity contribution in [2.24, 2.45) is 0 Å². The van der Waals surface area contributed by atoms with Gasteiger partial charge in [0, 0.05) is 10.9 Å². The number of hydrogen-bond acceptors (Lipinski definition) is 4. The number of esters is 1. The third-order valence-corrected chi connectivity index (χ3v) is 3.44. The fourth-order valence-electron chi connectivity index (χ4n) is 2.01. The number of halogens is 2. The molecule has 0 unspecified atom stereocenters. The van der Waals surface area contributed by atoms with Crippen LogP contribution in [0.1, 0.15) is 34.3 Å². The number of hydrogen-bond donors (Lipinski definition) is 0. The Hall–Kier alpha value is -1.89. The van der Waals surface area contributed by atoms with Crippen LogP contribution in [0.2, 0.25) is 0 Å². The van der Waals surface area contributed by atoms with Gasteiger partial charge in [-0.25, -0.2) is 9.78 Å². The Balaban J connectivity index is 2.64. The van der Waals surface area contributed by atoms with Gasteiger partial charge >= 0.3 is 5.97 Å². The van der Waals surface area contributed by atoms with Gasteiger partial charge < -0.3 is 9.47 Å². The highest BCUT2D eigenvalue weighted by Gasteiger charge is 2.25. The lowest BCUT2D eigenvalue weighted by molar-refractivity contribution is 0.0514. The number of carbonyl (C=O) groups excluding carboxylic acids is 1. The number of methoxy groups -OCH3 is 1. The molecule has 0 fully saturated rings. The van der Waals surface area contributed by atoms with Crippen LogP contribution < -0.4 is 4.74 Å². The van der Waals surface area contributed by atoms with Gasteiger partial charge in [-0.3, -0.25) is 4.57 Å². The van der Waals surface area contributed by atoms with Crippen LogP contribution in [-0.4, -0.2) is 29.2 Å². The molecule has 1 heterocycles. The average molecular weight is 374 g/mol. The Labute approximate surface area is 140 Å². The van der Waals surface area contributed by atoms with Crippen molar-refractivity contribution in [1.29, 1.82) is 0 Å². The van der Waals surface area contributed by atoms with Crippen molar-refractivity contribution >= 4 is 21.9 Å². The molecule has 0 aliphatic carbocycles. The maximum Gasteiger partial charge on any atom is 0.361 e. The van der Waals surface area contributed by atoms with Gasteiger partial charge in [-0.15, -0.1) is 0 Å². The monoisotopic (exact) mass is 373 g/mol. The van der Waals surface area contributed by atoms with E-state index in [4.69, 9.17) is 13.6 Å². The van der Waals surface area contributed by atoms with E-state index in [1.165, 1.54) is 12.1 Å². The smallest absolute Gasteiger partial charge is 0.361 e. The van der Waals surface area contributed by atoms with E-state index in [9.17, 15) is 9.18 Å². The van der Waals surface area contributed by atoms with E-state index in [0.717, 1.165) is 4.57 Å². The first-order valence-electron chi connectivity index (χ1n) is 8.11. The summed E-state index contributed by atoms with van der Waals surface area (Å²) in [6.07, 6.45) is 0.305. The minimum absolute atomic E-state index is 0.0733. The highest BCUT2D eigenvalue weighted by atomic mass is 79.9. The second-order valence-electron chi connectivity index (χ2n) is 4.29. The van der Waals surface area contributed by atoms with Crippen molar-refractivity contribution in [3.63, 3.8) is 0 Å². The fraction of sp³-hybridized carbons (Fsp3) is 0.333. The Bertz CT molecular complexity index is 793. The summed E-state index contributed by atoms with van der Waals surface area (Å²) in [5, 5.41) is 0. The second kappa shape index (κ2) is 6.91. The number of benzene rings is 1. The van der Waals surface area contributed by atoms with Crippen LogP contribution in [-0.2, 0) is 11.2 Å². The van der Waals surface area contributed by atoms with Crippen molar-refractivity contribution in [3.05, 3.63) is 40.1 Å². The lowest BCUT2D eigenvalue weighted by atomic mass is 10.2. The van der Waals surface area contributed by atoms with Crippen LogP contribution in [0.5, 0.6) is 5.75 Å². The lowest BCUT2D eigenvalue weighted by Gasteiger charge is -2.12. The molecule has 0 aliphatic heterocycles. The number of aryl methyl sites for hydroxylation is 1. The standard InChI is InChI=1S/C15H16BrFN2O3/c1-4-12-18-13(15(20)22-5-2)14(17)19(12)10-7-6-9(16)8-11(10)21-3/h6-8H,4-5H2,1-3H3/i3D3. The third-order valence-electron chi connectivity index (χ3n) is 2.95. The van der Waals surface area contributed by atoms with Crippen molar-refractivity contribution < 1.29 is 22.8 Å². The summed E-state index contributed by atoms with van der Waals surface area (Å²) in [7, 11) is -2.72. The number of rotatable bonds is 5. The van der Waals surface area contributed by atoms with Gasteiger partial charge in [-0.1, -0.05) is 22.9 Å². The molecule has 2 rings (SSSR count). The molecule has 0 bridgehead atoms. The summed E-state index contributed by atoms with van der Waals surface area (Å²) in [6, 6.07) is 4.49. The molecule has 0 radical (unpaired) electrons. The van der Waals surface area contributed by atoms with E-state index in [0.29, 0.717) is 10.9 Å². The van der Waals surface area contributed by atoms with E-state index < -0.39 is 24.6 Å². The van der Waals surface area contributed by atoms with Crippen molar-refractivity contribution in [3.8, 4) is 11.4 Å². The third kappa shape index (κ3) is 2.99. The molecule has 0 aliphatic rings. The van der Waals surface area contributed by atoms with E-state index in [2.05, 4.69) is 20.9 Å². The van der Waals surface area contributed by atoms with Gasteiger partial charge in [-0.2, -0.15) is 4.39 Å². The van der Waals surface area contributed by atoms with Gasteiger partial charge in [0.05, 0.1) is 23.4 Å². The Morgan fingerprint density at radius 1 is 1.50 bits per heavy atom. The molecule has 0 N–H and O–H groups in total. The summed E-state index contributed by atoms with van der Waals surface area (Å²) in [5.74, 6) is -1.66. The summed E-state index contributed by atoms with van der Waals surface area (Å²) in [6.45, 7) is 3.42. The minimum atomic E-state index is -2.72. The van der Waals surface area contributed by atoms with Crippen LogP contribution in [0.25, 0.3) is 5.69 Å². The molecule has 0 saturated heterocycles. The molecule has 0 atom stereocenters. The van der Waals surface area contributed by atoms with Gasteiger partial charge in [0.25, 0.3) is 0 Å². The predicted molar refractivity (Wildman–Crippen MR) is 83.1 cm³/mol. The van der Waals surface area contributed by atoms with E-state index in [-0.39, 0.29) is 23.9 Å². The quantitative estimate of drug-likeness (QED) is 0.752. The number of carbonyl (C=O) groups is 1. The van der Waals surface area contributed by atoms with Crippen LogP contribution in [0.15, 0.2) is 22.7 Å². The molecule has 7 heteroatoms. The first-order valence-corrected chi connectivity index (χ1v) is 7.40. The maximum atomic E-state index is 14.8. The van der Waals surface area contributed by atoms with Crippen molar-refractivity contribution in [2.45, 2.75) is 20.3 Å². The summed E-state index contributed by atoms with van der Waals surface area (Å²) in [5.41, 5.74) is -0.335. The molecule has 0 amide bonds. The maximum absolute atomic E-state index is 14.8. The number of imidazole rings is 1. The van der Waals surface area contributed by atoms with Crippen molar-refractivity contribution in [2.75, 3.05) is 13.6 Å². The Morgan fingerprint density at radius 2 is 2.27 bits per heavy atom. The van der Waals surface area contributed by atoms with E-state index in [1.807, 2.05) is 0 Å². The zero-order valence-corrected chi connectivity index (χ0v) is 13.6. The zero-order valence-electron chi connectivity index (χ0n) is 15.0. The number of ether oxygens (including phenoxy) is 2. The molecule has 2 aromatic rings. The SMILES string of the molecule is [2H]C([2H])([2H])Oc1cc(Br)ccc1-n1c(CC)nc(C(=O)OCC)c1F. The molecular formula is C15H16BrFN2O3. The van der Waals surface area contributed by atoms with E-state index >= 15 is 0 Å². The molecule has 0 saturated carbocycles. The molecule has 1 aromatic carbocycles. The fourth-order valence-corrected chi connectivity index (χ4v) is 2.35. The van der Waals surface area contributed by atoms with Crippen LogP contribution >= 0.6 is 15.9 Å². The molecule has 118 valence electrons. The Kier molecular flexibility index (Phi) is 3.97. The summed E-state index contributed by atoms with van der Waals surface area (Å²) >= 11 is 3.22. The zero-order chi connectivity index (χ0) is 18.8. The molecular weight excluding hydrogens is 355 g/mol. The lowest BCUT2D eigenvalue weighted by Crippen LogP contribution is -2.09. The Morgan fingerprint density at radius 3 is 2.91 bits per heavy atom. The summed E-state index contributed by atoms with van der Waals surface area (Å²) in [4.78, 5) is 15.9. The number of aromatic nitrogens is 2. The first kappa shape index (κ1) is 12.6. The molecule has 22 heavy (non-hydrogen) atoms. The topological polar surface area (TPSA) is 53.4 Å². The predicted octanol–water partition coefficient (Wildman–Crippen LogP) is 3.52. The highest BCUT2D eigenvalue weighted by Crippen LogP contribution is 2.29. The largest absolute Gasteiger partial charge is 0.495 e. The number of nitrogens with zero attached hydrogens (tertiary/aromatic N) is 2. The van der Waals surface area contributed by atoms with Crippen LogP contribution in [0, 0.1) is 5.95 Å². The van der Waals surface area contributed by atoms with Crippen LogP contribution in [0.4, 0.5) is 4.39 Å². The van der Waals surface area contributed by atoms with Gasteiger partial charge in [-0.05, 0) is 25.1 Å². The molecule has 0 spiro atoms. The van der Waals surface area contributed by atoms with Gasteiger partial charge in [0.1, 0.15) is 11.6 Å². The molecule has 5 nitrogen and oxygen atoms in total. The first-order chi connectivity index (χ1) is 11.7. The molecule has 1 aromatic heterocycles. The van der Waals surface area contributed by atoms with Crippen molar-refractivity contribution in [1.82, 2.24) is 9.55 Å². The summed E-state index contributed by atoms with van der Waals surface area (Å²) < 4.78 is 48.1. The average Bonchev–Trinajstić information content (AvgIpc) is 2.83. The van der Waals surface area contributed by atoms with Gasteiger partial charge in [0.2, 0.25) is 11.6 Å².